The number of carboxylic acid groups (broad SMARTS) is 1. The summed E-state index contributed by atoms with van der Waals surface area (Å²) in [5, 5.41) is 12.9. The highest BCUT2D eigenvalue weighted by atomic mass is 16.4. The lowest BCUT2D eigenvalue weighted by atomic mass is 10.1. The molecule has 1 radical (unpaired) electrons. The standard InChI is InChI=1S/C8H15N2O2/c1-7(8(11)12)6-10-4-2-9-3-5-10/h7H,2-6H2,1H3,(H,11,12). The molecule has 1 unspecified atom stereocenters. The van der Waals surface area contributed by atoms with Crippen LogP contribution in [-0.2, 0) is 4.79 Å². The topological polar surface area (TPSA) is 54.6 Å². The van der Waals surface area contributed by atoms with Crippen LogP contribution in [0.25, 0.3) is 0 Å². The van der Waals surface area contributed by atoms with E-state index in [0.29, 0.717) is 6.54 Å². The fraction of sp³-hybridized carbons (Fsp3) is 0.875. The maximum Gasteiger partial charge on any atom is 0.307 e. The number of piperazine rings is 1. The summed E-state index contributed by atoms with van der Waals surface area (Å²) in [7, 11) is 0. The Labute approximate surface area is 72.6 Å². The largest absolute Gasteiger partial charge is 0.481 e. The first kappa shape index (κ1) is 9.48. The molecule has 1 rings (SSSR count). The Balaban J connectivity index is 2.24. The second-order valence-corrected chi connectivity index (χ2v) is 3.21. The van der Waals surface area contributed by atoms with Gasteiger partial charge in [0.05, 0.1) is 5.92 Å². The van der Waals surface area contributed by atoms with Crippen LogP contribution >= 0.6 is 0 Å². The second-order valence-electron chi connectivity index (χ2n) is 3.21. The van der Waals surface area contributed by atoms with E-state index in [1.807, 2.05) is 0 Å². The van der Waals surface area contributed by atoms with E-state index in [2.05, 4.69) is 10.2 Å². The molecule has 0 saturated carbocycles. The number of hydrogen-bond donors (Lipinski definition) is 1. The first-order valence-corrected chi connectivity index (χ1v) is 4.28. The minimum atomic E-state index is -0.711. The van der Waals surface area contributed by atoms with Crippen LogP contribution in [0.5, 0.6) is 0 Å². The summed E-state index contributed by atoms with van der Waals surface area (Å²) in [6.07, 6.45) is 0. The molecule has 1 N–H and O–H groups in total. The quantitative estimate of drug-likeness (QED) is 0.630. The SMILES string of the molecule is CC(CN1CC[N]CC1)C(=O)O. The summed E-state index contributed by atoms with van der Waals surface area (Å²) in [5.74, 6) is -0.972. The Morgan fingerprint density at radius 3 is 2.67 bits per heavy atom. The molecule has 69 valence electrons. The Morgan fingerprint density at radius 2 is 2.17 bits per heavy atom. The lowest BCUT2D eigenvalue weighted by molar-refractivity contribution is -0.141. The van der Waals surface area contributed by atoms with Crippen LogP contribution in [0.15, 0.2) is 0 Å². The summed E-state index contributed by atoms with van der Waals surface area (Å²) in [6.45, 7) is 5.94. The van der Waals surface area contributed by atoms with Gasteiger partial charge in [-0.15, -0.1) is 0 Å². The zero-order valence-corrected chi connectivity index (χ0v) is 7.36. The van der Waals surface area contributed by atoms with Gasteiger partial charge in [-0.25, -0.2) is 5.32 Å². The fourth-order valence-electron chi connectivity index (χ4n) is 1.30. The van der Waals surface area contributed by atoms with Crippen molar-refractivity contribution < 1.29 is 9.90 Å². The molecule has 0 aromatic carbocycles. The highest BCUT2D eigenvalue weighted by Gasteiger charge is 2.17. The van der Waals surface area contributed by atoms with Crippen molar-refractivity contribution in [3.63, 3.8) is 0 Å². The third kappa shape index (κ3) is 2.79. The minimum Gasteiger partial charge on any atom is -0.481 e. The number of carboxylic acids is 1. The van der Waals surface area contributed by atoms with E-state index >= 15 is 0 Å². The van der Waals surface area contributed by atoms with Crippen LogP contribution < -0.4 is 5.32 Å². The van der Waals surface area contributed by atoms with Crippen LogP contribution in [0.2, 0.25) is 0 Å². The number of carbonyl (C=O) groups is 1. The van der Waals surface area contributed by atoms with Gasteiger partial charge in [0.15, 0.2) is 0 Å². The van der Waals surface area contributed by atoms with Gasteiger partial charge in [-0.3, -0.25) is 9.69 Å². The molecule has 1 atom stereocenters. The van der Waals surface area contributed by atoms with Crippen molar-refractivity contribution in [1.29, 1.82) is 0 Å². The number of hydrogen-bond acceptors (Lipinski definition) is 2. The Hall–Kier alpha value is -0.610. The molecule has 1 aliphatic rings. The average Bonchev–Trinajstić information content (AvgIpc) is 2.06. The van der Waals surface area contributed by atoms with Gasteiger partial charge in [-0.1, -0.05) is 6.92 Å². The Kier molecular flexibility index (Phi) is 3.49. The molecule has 0 aromatic heterocycles. The summed E-state index contributed by atoms with van der Waals surface area (Å²) in [4.78, 5) is 12.7. The zero-order valence-electron chi connectivity index (χ0n) is 7.36. The summed E-state index contributed by atoms with van der Waals surface area (Å²) >= 11 is 0. The van der Waals surface area contributed by atoms with Crippen molar-refractivity contribution in [3.8, 4) is 0 Å². The molecular formula is C8H15N2O2. The van der Waals surface area contributed by atoms with Crippen molar-refractivity contribution in [2.45, 2.75) is 6.92 Å². The van der Waals surface area contributed by atoms with Crippen LogP contribution in [0.1, 0.15) is 6.92 Å². The molecule has 12 heavy (non-hydrogen) atoms. The van der Waals surface area contributed by atoms with Gasteiger partial charge in [-0.05, 0) is 0 Å². The number of aliphatic carboxylic acids is 1. The third-order valence-corrected chi connectivity index (χ3v) is 2.10. The van der Waals surface area contributed by atoms with E-state index in [9.17, 15) is 4.79 Å². The van der Waals surface area contributed by atoms with E-state index in [1.165, 1.54) is 0 Å². The van der Waals surface area contributed by atoms with Crippen molar-refractivity contribution in [1.82, 2.24) is 10.2 Å². The number of nitrogens with zero attached hydrogens (tertiary/aromatic N) is 2. The Morgan fingerprint density at radius 1 is 1.58 bits per heavy atom. The summed E-state index contributed by atoms with van der Waals surface area (Å²) in [5.41, 5.74) is 0. The van der Waals surface area contributed by atoms with Crippen molar-refractivity contribution >= 4 is 5.97 Å². The number of rotatable bonds is 3. The smallest absolute Gasteiger partial charge is 0.307 e. The third-order valence-electron chi connectivity index (χ3n) is 2.10. The molecule has 1 saturated heterocycles. The lowest BCUT2D eigenvalue weighted by Gasteiger charge is -2.27. The van der Waals surface area contributed by atoms with Gasteiger partial charge in [0.1, 0.15) is 0 Å². The van der Waals surface area contributed by atoms with Crippen LogP contribution in [0.4, 0.5) is 0 Å². The lowest BCUT2D eigenvalue weighted by Crippen LogP contribution is -2.43. The summed E-state index contributed by atoms with van der Waals surface area (Å²) < 4.78 is 0. The minimum absolute atomic E-state index is 0.261. The van der Waals surface area contributed by atoms with Gasteiger partial charge in [0.25, 0.3) is 0 Å². The highest BCUT2D eigenvalue weighted by Crippen LogP contribution is 2.01. The molecule has 4 nitrogen and oxygen atoms in total. The molecule has 0 amide bonds. The second kappa shape index (κ2) is 4.42. The maximum absolute atomic E-state index is 10.5. The van der Waals surface area contributed by atoms with E-state index in [0.717, 1.165) is 26.2 Å². The molecule has 4 heteroatoms. The predicted molar refractivity (Wildman–Crippen MR) is 45.1 cm³/mol. The highest BCUT2D eigenvalue weighted by molar-refractivity contribution is 5.69. The fourth-order valence-corrected chi connectivity index (χ4v) is 1.30. The first-order valence-electron chi connectivity index (χ1n) is 4.28. The molecule has 1 aliphatic heterocycles. The van der Waals surface area contributed by atoms with Crippen molar-refractivity contribution in [2.24, 2.45) is 5.92 Å². The van der Waals surface area contributed by atoms with E-state index < -0.39 is 5.97 Å². The first-order chi connectivity index (χ1) is 5.70. The van der Waals surface area contributed by atoms with Crippen LogP contribution in [0, 0.1) is 5.92 Å². The molecule has 0 bridgehead atoms. The molecule has 1 heterocycles. The normalized spacial score (nSPS) is 22.1. The average molecular weight is 171 g/mol. The van der Waals surface area contributed by atoms with Gasteiger partial charge >= 0.3 is 5.97 Å². The predicted octanol–water partition coefficient (Wildman–Crippen LogP) is -0.373. The van der Waals surface area contributed by atoms with Gasteiger partial charge in [-0.2, -0.15) is 0 Å². The molecular weight excluding hydrogens is 156 g/mol. The van der Waals surface area contributed by atoms with Crippen LogP contribution in [-0.4, -0.2) is 48.7 Å². The zero-order chi connectivity index (χ0) is 8.97. The van der Waals surface area contributed by atoms with Gasteiger partial charge in [0.2, 0.25) is 0 Å². The maximum atomic E-state index is 10.5. The van der Waals surface area contributed by atoms with Crippen molar-refractivity contribution in [2.75, 3.05) is 32.7 Å². The summed E-state index contributed by atoms with van der Waals surface area (Å²) in [6, 6.07) is 0. The molecule has 0 aliphatic carbocycles. The van der Waals surface area contributed by atoms with Gasteiger partial charge in [0, 0.05) is 32.7 Å². The van der Waals surface area contributed by atoms with E-state index in [4.69, 9.17) is 5.11 Å². The van der Waals surface area contributed by atoms with Crippen molar-refractivity contribution in [3.05, 3.63) is 0 Å². The molecule has 0 aromatic rings. The van der Waals surface area contributed by atoms with Crippen LogP contribution in [0.3, 0.4) is 0 Å². The molecule has 0 spiro atoms. The molecule has 1 fully saturated rings. The Bertz CT molecular complexity index is 155. The van der Waals surface area contributed by atoms with E-state index in [1.54, 1.807) is 6.92 Å². The van der Waals surface area contributed by atoms with E-state index in [-0.39, 0.29) is 5.92 Å². The monoisotopic (exact) mass is 171 g/mol. The van der Waals surface area contributed by atoms with Gasteiger partial charge < -0.3 is 5.11 Å².